The maximum Gasteiger partial charge on any atom is 0.267 e. The average Bonchev–Trinajstić information content (AvgIpc) is 2.16. The molecule has 0 saturated heterocycles. The highest BCUT2D eigenvalue weighted by Crippen LogP contribution is 2.34. The van der Waals surface area contributed by atoms with Crippen LogP contribution in [0, 0.1) is 0 Å². The quantitative estimate of drug-likeness (QED) is 0.623. The van der Waals surface area contributed by atoms with Crippen LogP contribution in [0.5, 0.6) is 5.75 Å². The fourth-order valence-corrected chi connectivity index (χ4v) is 1.91. The maximum atomic E-state index is 12.6. The van der Waals surface area contributed by atoms with E-state index in [9.17, 15) is 8.78 Å². The van der Waals surface area contributed by atoms with E-state index in [-0.39, 0.29) is 11.3 Å². The Kier molecular flexibility index (Phi) is 4.25. The molecule has 0 spiro atoms. The van der Waals surface area contributed by atoms with Gasteiger partial charge in [0.15, 0.2) is 5.75 Å². The van der Waals surface area contributed by atoms with Crippen LogP contribution in [0.4, 0.5) is 8.78 Å². The first-order valence-corrected chi connectivity index (χ1v) is 5.59. The molecule has 2 nitrogen and oxygen atoms in total. The van der Waals surface area contributed by atoms with E-state index >= 15 is 0 Å². The second-order valence-electron chi connectivity index (χ2n) is 2.46. The summed E-state index contributed by atoms with van der Waals surface area (Å²) < 4.78 is 30.3. The van der Waals surface area contributed by atoms with Gasteiger partial charge in [0.25, 0.3) is 6.43 Å². The number of halogens is 4. The number of pyridine rings is 1. The molecule has 1 aromatic rings. The summed E-state index contributed by atoms with van der Waals surface area (Å²) in [5, 5.41) is 0.426. The van der Waals surface area contributed by atoms with Crippen molar-refractivity contribution in [2.45, 2.75) is 11.8 Å². The van der Waals surface area contributed by atoms with E-state index in [0.717, 1.165) is 0 Å². The zero-order valence-electron chi connectivity index (χ0n) is 7.23. The van der Waals surface area contributed by atoms with Crippen molar-refractivity contribution in [3.63, 3.8) is 0 Å². The smallest absolute Gasteiger partial charge is 0.267 e. The van der Waals surface area contributed by atoms with Gasteiger partial charge in [-0.25, -0.2) is 13.8 Å². The number of hydrogen-bond donors (Lipinski definition) is 0. The average molecular weight is 331 g/mol. The van der Waals surface area contributed by atoms with Crippen molar-refractivity contribution < 1.29 is 13.5 Å². The molecule has 1 heterocycles. The zero-order valence-corrected chi connectivity index (χ0v) is 10.4. The molecule has 0 bridgehead atoms. The van der Waals surface area contributed by atoms with Gasteiger partial charge in [-0.15, -0.1) is 0 Å². The highest BCUT2D eigenvalue weighted by molar-refractivity contribution is 9.10. The fraction of sp³-hybridized carbons (Fsp3) is 0.375. The van der Waals surface area contributed by atoms with Gasteiger partial charge in [0.2, 0.25) is 0 Å². The molecule has 6 heteroatoms. The van der Waals surface area contributed by atoms with Gasteiger partial charge < -0.3 is 4.74 Å². The van der Waals surface area contributed by atoms with Gasteiger partial charge in [-0.2, -0.15) is 0 Å². The Morgan fingerprint density at radius 2 is 2.21 bits per heavy atom. The Morgan fingerprint density at radius 1 is 1.57 bits per heavy atom. The van der Waals surface area contributed by atoms with Gasteiger partial charge in [-0.05, 0) is 22.0 Å². The molecule has 0 atom stereocenters. The molecular weight excluding hydrogens is 324 g/mol. The van der Waals surface area contributed by atoms with Crippen molar-refractivity contribution >= 4 is 31.9 Å². The van der Waals surface area contributed by atoms with Crippen LogP contribution in [0.15, 0.2) is 10.7 Å². The van der Waals surface area contributed by atoms with Crippen molar-refractivity contribution in [3.8, 4) is 5.75 Å². The van der Waals surface area contributed by atoms with Crippen LogP contribution < -0.4 is 4.74 Å². The van der Waals surface area contributed by atoms with Gasteiger partial charge in [0.1, 0.15) is 4.60 Å². The van der Waals surface area contributed by atoms with Gasteiger partial charge in [-0.3, -0.25) is 0 Å². The molecule has 0 aliphatic heterocycles. The first kappa shape index (κ1) is 11.8. The van der Waals surface area contributed by atoms with E-state index in [2.05, 4.69) is 36.8 Å². The molecular formula is C8H7Br2F2NO. The topological polar surface area (TPSA) is 22.1 Å². The Morgan fingerprint density at radius 3 is 2.64 bits per heavy atom. The van der Waals surface area contributed by atoms with Crippen LogP contribution in [-0.4, -0.2) is 12.1 Å². The summed E-state index contributed by atoms with van der Waals surface area (Å²) in [5.41, 5.74) is 0.386. The predicted octanol–water partition coefficient (Wildman–Crippen LogP) is 3.69. The molecule has 0 amide bonds. The lowest BCUT2D eigenvalue weighted by molar-refractivity contribution is 0.146. The van der Waals surface area contributed by atoms with Crippen molar-refractivity contribution in [2.24, 2.45) is 0 Å². The van der Waals surface area contributed by atoms with Gasteiger partial charge in [-0.1, -0.05) is 15.9 Å². The molecule has 14 heavy (non-hydrogen) atoms. The summed E-state index contributed by atoms with van der Waals surface area (Å²) in [6.07, 6.45) is -2.57. The summed E-state index contributed by atoms with van der Waals surface area (Å²) >= 11 is 6.23. The number of hydrogen-bond acceptors (Lipinski definition) is 2. The lowest BCUT2D eigenvalue weighted by atomic mass is 10.2. The normalized spacial score (nSPS) is 10.7. The minimum absolute atomic E-state index is 0.0877. The maximum absolute atomic E-state index is 12.6. The Bertz CT molecular complexity index is 333. The number of nitrogens with zero attached hydrogens (tertiary/aromatic N) is 1. The minimum atomic E-state index is -2.57. The van der Waals surface area contributed by atoms with Crippen LogP contribution in [0.3, 0.4) is 0 Å². The fourth-order valence-electron chi connectivity index (χ4n) is 1.01. The minimum Gasteiger partial charge on any atom is -0.493 e. The third-order valence-electron chi connectivity index (χ3n) is 1.59. The summed E-state index contributed by atoms with van der Waals surface area (Å²) in [6.45, 7) is 0. The third kappa shape index (κ3) is 2.42. The molecule has 0 aromatic carbocycles. The van der Waals surface area contributed by atoms with Gasteiger partial charge in [0, 0.05) is 5.33 Å². The highest BCUT2D eigenvalue weighted by Gasteiger charge is 2.18. The van der Waals surface area contributed by atoms with E-state index in [4.69, 9.17) is 4.74 Å². The first-order valence-electron chi connectivity index (χ1n) is 3.67. The second kappa shape index (κ2) is 5.02. The zero-order chi connectivity index (χ0) is 10.7. The molecule has 0 N–H and O–H groups in total. The summed E-state index contributed by atoms with van der Waals surface area (Å²) in [6, 6.07) is 1.32. The Balaban J connectivity index is 3.28. The highest BCUT2D eigenvalue weighted by atomic mass is 79.9. The molecule has 0 aliphatic rings. The molecule has 0 saturated carbocycles. The summed E-state index contributed by atoms with van der Waals surface area (Å²) in [7, 11) is 1.33. The number of ether oxygens (including phenoxy) is 1. The predicted molar refractivity (Wildman–Crippen MR) is 56.1 cm³/mol. The van der Waals surface area contributed by atoms with Crippen LogP contribution >= 0.6 is 31.9 Å². The number of methoxy groups -OCH3 is 1. The molecule has 78 valence electrons. The first-order chi connectivity index (χ1) is 6.60. The van der Waals surface area contributed by atoms with Crippen LogP contribution in [0.1, 0.15) is 17.7 Å². The summed E-state index contributed by atoms with van der Waals surface area (Å²) in [5.74, 6) is 0.0877. The van der Waals surface area contributed by atoms with Crippen molar-refractivity contribution in [1.29, 1.82) is 0 Å². The SMILES string of the molecule is COc1c(C(F)F)cc(CBr)nc1Br. The third-order valence-corrected chi connectivity index (χ3v) is 2.70. The molecule has 0 unspecified atom stereocenters. The van der Waals surface area contributed by atoms with Gasteiger partial charge in [0.05, 0.1) is 18.4 Å². The molecule has 0 aliphatic carbocycles. The standard InChI is InChI=1S/C8H7Br2F2NO/c1-14-6-5(8(11)12)2-4(3-9)13-7(6)10/h2,8H,3H2,1H3. The molecule has 0 radical (unpaired) electrons. The molecule has 1 rings (SSSR count). The van der Waals surface area contributed by atoms with E-state index in [1.807, 2.05) is 0 Å². The van der Waals surface area contributed by atoms with Crippen LogP contribution in [0.2, 0.25) is 0 Å². The number of aromatic nitrogens is 1. The van der Waals surface area contributed by atoms with Crippen LogP contribution in [0.25, 0.3) is 0 Å². The van der Waals surface area contributed by atoms with Gasteiger partial charge >= 0.3 is 0 Å². The van der Waals surface area contributed by atoms with Crippen molar-refractivity contribution in [1.82, 2.24) is 4.98 Å². The number of rotatable bonds is 3. The lowest BCUT2D eigenvalue weighted by Gasteiger charge is -2.10. The lowest BCUT2D eigenvalue weighted by Crippen LogP contribution is -1.98. The molecule has 1 aromatic heterocycles. The Hall–Kier alpha value is -0.230. The Labute approximate surface area is 96.9 Å². The van der Waals surface area contributed by atoms with E-state index in [1.54, 1.807) is 0 Å². The van der Waals surface area contributed by atoms with E-state index in [0.29, 0.717) is 15.6 Å². The van der Waals surface area contributed by atoms with Crippen LogP contribution in [-0.2, 0) is 5.33 Å². The number of alkyl halides is 3. The van der Waals surface area contributed by atoms with E-state index < -0.39 is 6.43 Å². The second-order valence-corrected chi connectivity index (χ2v) is 3.77. The van der Waals surface area contributed by atoms with Crippen molar-refractivity contribution in [2.75, 3.05) is 7.11 Å². The largest absolute Gasteiger partial charge is 0.493 e. The van der Waals surface area contributed by atoms with E-state index in [1.165, 1.54) is 13.2 Å². The van der Waals surface area contributed by atoms with Crippen molar-refractivity contribution in [3.05, 3.63) is 21.9 Å². The molecule has 0 fully saturated rings. The summed E-state index contributed by atoms with van der Waals surface area (Å²) in [4.78, 5) is 4.02. The monoisotopic (exact) mass is 329 g/mol.